The van der Waals surface area contributed by atoms with Crippen LogP contribution in [0.15, 0.2) is 5.10 Å². The molecule has 0 saturated carbocycles. The second-order valence-corrected chi connectivity index (χ2v) is 4.99. The third-order valence-corrected chi connectivity index (χ3v) is 1.46. The van der Waals surface area contributed by atoms with Gasteiger partial charge in [-0.2, -0.15) is 5.10 Å². The molecule has 0 spiro atoms. The fraction of sp³-hybridized carbons (Fsp3) is 0.818. The molecule has 0 radical (unpaired) electrons. The molecule has 0 saturated heterocycles. The number of hydrogen-bond acceptors (Lipinski definition) is 4. The molecule has 15 heavy (non-hydrogen) atoms. The fourth-order valence-electron chi connectivity index (χ4n) is 0.938. The number of hydrogen-bond donors (Lipinski definition) is 0. The molecule has 0 aromatic rings. The third-order valence-electron chi connectivity index (χ3n) is 1.46. The van der Waals surface area contributed by atoms with Gasteiger partial charge in [0.25, 0.3) is 0 Å². The van der Waals surface area contributed by atoms with Crippen molar-refractivity contribution in [1.82, 2.24) is 5.01 Å². The molecule has 0 aliphatic rings. The smallest absolute Gasteiger partial charge is 0.355 e. The first kappa shape index (κ1) is 13.9. The van der Waals surface area contributed by atoms with Gasteiger partial charge in [-0.05, 0) is 20.8 Å². The van der Waals surface area contributed by atoms with Crippen molar-refractivity contribution in [3.63, 3.8) is 0 Å². The van der Waals surface area contributed by atoms with Crippen molar-refractivity contribution >= 4 is 11.7 Å². The van der Waals surface area contributed by atoms with E-state index < -0.39 is 5.60 Å². The van der Waals surface area contributed by atoms with E-state index in [1.807, 2.05) is 34.6 Å². The summed E-state index contributed by atoms with van der Waals surface area (Å²) in [4.78, 5) is 11.8. The number of ether oxygens (including phenoxy) is 1. The molecule has 0 fully saturated rings. The standard InChI is InChI=1S/C11H22N2O2/c1-8(2)9(12-13(6)7)10(14)15-11(3,4)5/h8H,1-7H3/b12-9+/i1+1,2+1. The Morgan fingerprint density at radius 1 is 1.27 bits per heavy atom. The topological polar surface area (TPSA) is 41.9 Å². The number of nitrogens with zero attached hydrogens (tertiary/aromatic N) is 2. The molecule has 0 amide bonds. The zero-order chi connectivity index (χ0) is 12.2. The van der Waals surface area contributed by atoms with Gasteiger partial charge in [-0.1, -0.05) is 13.8 Å². The normalized spacial score (nSPS) is 12.9. The Bertz CT molecular complexity index is 250. The first-order valence-corrected chi connectivity index (χ1v) is 5.12. The van der Waals surface area contributed by atoms with E-state index in [0.29, 0.717) is 5.71 Å². The molecule has 0 rings (SSSR count). The van der Waals surface area contributed by atoms with Crippen LogP contribution in [0, 0.1) is 5.92 Å². The molecular formula is C11H22N2O2. The van der Waals surface area contributed by atoms with Gasteiger partial charge in [-0.3, -0.25) is 0 Å². The van der Waals surface area contributed by atoms with Crippen molar-refractivity contribution in [3.8, 4) is 0 Å². The Balaban J connectivity index is 4.74. The van der Waals surface area contributed by atoms with E-state index in [1.54, 1.807) is 19.1 Å². The predicted octanol–water partition coefficient (Wildman–Crippen LogP) is 1.90. The summed E-state index contributed by atoms with van der Waals surface area (Å²) < 4.78 is 5.27. The van der Waals surface area contributed by atoms with Gasteiger partial charge in [-0.15, -0.1) is 0 Å². The van der Waals surface area contributed by atoms with Gasteiger partial charge in [-0.25, -0.2) is 4.79 Å². The average Bonchev–Trinajstić information content (AvgIpc) is 1.95. The number of carbonyl (C=O) groups is 1. The lowest BCUT2D eigenvalue weighted by Gasteiger charge is -2.21. The summed E-state index contributed by atoms with van der Waals surface area (Å²) in [6.45, 7) is 9.38. The first-order valence-electron chi connectivity index (χ1n) is 5.12. The van der Waals surface area contributed by atoms with Gasteiger partial charge in [0.05, 0.1) is 0 Å². The lowest BCUT2D eigenvalue weighted by molar-refractivity contribution is -0.146. The van der Waals surface area contributed by atoms with Gasteiger partial charge in [0.15, 0.2) is 0 Å². The summed E-state index contributed by atoms with van der Waals surface area (Å²) in [6.07, 6.45) is 0. The van der Waals surface area contributed by atoms with Gasteiger partial charge in [0.2, 0.25) is 0 Å². The monoisotopic (exact) mass is 216 g/mol. The van der Waals surface area contributed by atoms with Crippen LogP contribution in [0.2, 0.25) is 0 Å². The van der Waals surface area contributed by atoms with Crippen molar-refractivity contribution in [2.75, 3.05) is 14.1 Å². The van der Waals surface area contributed by atoms with Crippen LogP contribution < -0.4 is 0 Å². The van der Waals surface area contributed by atoms with Crippen LogP contribution in [-0.4, -0.2) is 36.4 Å². The van der Waals surface area contributed by atoms with Crippen molar-refractivity contribution in [1.29, 1.82) is 0 Å². The number of esters is 1. The van der Waals surface area contributed by atoms with E-state index in [-0.39, 0.29) is 11.9 Å². The average molecular weight is 216 g/mol. The van der Waals surface area contributed by atoms with Crippen LogP contribution in [0.1, 0.15) is 34.6 Å². The number of rotatable bonds is 3. The van der Waals surface area contributed by atoms with Crippen LogP contribution in [0.3, 0.4) is 0 Å². The zero-order valence-corrected chi connectivity index (χ0v) is 10.8. The van der Waals surface area contributed by atoms with Gasteiger partial charge in [0, 0.05) is 20.0 Å². The SMILES string of the molecule is CN(C)/N=C(/C(=O)OC(C)(C)C)C([13CH3])[13CH3]. The summed E-state index contributed by atoms with van der Waals surface area (Å²) in [7, 11) is 3.57. The van der Waals surface area contributed by atoms with Crippen molar-refractivity contribution in [2.45, 2.75) is 40.2 Å². The largest absolute Gasteiger partial charge is 0.455 e. The van der Waals surface area contributed by atoms with Gasteiger partial charge < -0.3 is 9.75 Å². The molecule has 88 valence electrons. The highest BCUT2D eigenvalue weighted by Gasteiger charge is 2.23. The summed E-state index contributed by atoms with van der Waals surface area (Å²) in [5.74, 6) is -0.284. The second-order valence-electron chi connectivity index (χ2n) is 4.99. The second kappa shape index (κ2) is 5.14. The van der Waals surface area contributed by atoms with Crippen molar-refractivity contribution in [2.24, 2.45) is 11.0 Å². The first-order chi connectivity index (χ1) is 6.63. The van der Waals surface area contributed by atoms with E-state index in [1.165, 1.54) is 0 Å². The Hall–Kier alpha value is -1.06. The van der Waals surface area contributed by atoms with Crippen molar-refractivity contribution < 1.29 is 9.53 Å². The van der Waals surface area contributed by atoms with E-state index in [2.05, 4.69) is 5.10 Å². The molecule has 0 aromatic carbocycles. The maximum Gasteiger partial charge on any atom is 0.355 e. The fourth-order valence-corrected chi connectivity index (χ4v) is 0.938. The quantitative estimate of drug-likeness (QED) is 0.313. The minimum atomic E-state index is -0.473. The highest BCUT2D eigenvalue weighted by molar-refractivity contribution is 6.37. The van der Waals surface area contributed by atoms with Crippen molar-refractivity contribution in [3.05, 3.63) is 0 Å². The molecule has 4 heteroatoms. The lowest BCUT2D eigenvalue weighted by atomic mass is 10.2. The Morgan fingerprint density at radius 3 is 2.00 bits per heavy atom. The minimum absolute atomic E-state index is 0.0576. The number of carbonyl (C=O) groups excluding carboxylic acids is 1. The molecule has 4 nitrogen and oxygen atoms in total. The van der Waals surface area contributed by atoms with Crippen LogP contribution in [-0.2, 0) is 9.53 Å². The summed E-state index contributed by atoms with van der Waals surface area (Å²) in [6, 6.07) is 0. The Kier molecular flexibility index (Phi) is 4.78. The molecule has 0 aromatic heterocycles. The van der Waals surface area contributed by atoms with Crippen LogP contribution in [0.25, 0.3) is 0 Å². The Labute approximate surface area is 92.3 Å². The molecule has 0 atom stereocenters. The maximum absolute atomic E-state index is 11.8. The summed E-state index contributed by atoms with van der Waals surface area (Å²) in [5, 5.41) is 5.75. The predicted molar refractivity (Wildman–Crippen MR) is 61.8 cm³/mol. The summed E-state index contributed by atoms with van der Waals surface area (Å²) >= 11 is 0. The molecule has 0 heterocycles. The van der Waals surface area contributed by atoms with Gasteiger partial charge >= 0.3 is 5.97 Å². The molecule has 0 unspecified atom stereocenters. The lowest BCUT2D eigenvalue weighted by Crippen LogP contribution is -2.32. The minimum Gasteiger partial charge on any atom is -0.455 e. The molecule has 0 N–H and O–H groups in total. The van der Waals surface area contributed by atoms with E-state index in [0.717, 1.165) is 0 Å². The Morgan fingerprint density at radius 2 is 1.73 bits per heavy atom. The van der Waals surface area contributed by atoms with Crippen LogP contribution in [0.5, 0.6) is 0 Å². The van der Waals surface area contributed by atoms with E-state index in [4.69, 9.17) is 4.74 Å². The highest BCUT2D eigenvalue weighted by Crippen LogP contribution is 2.10. The number of hydrazone groups is 1. The maximum atomic E-state index is 11.8. The molecular weight excluding hydrogens is 194 g/mol. The van der Waals surface area contributed by atoms with Gasteiger partial charge in [0.1, 0.15) is 11.3 Å². The van der Waals surface area contributed by atoms with E-state index in [9.17, 15) is 4.79 Å². The van der Waals surface area contributed by atoms with E-state index >= 15 is 0 Å². The summed E-state index contributed by atoms with van der Waals surface area (Å²) in [5.41, 5.74) is -0.0195. The third kappa shape index (κ3) is 6.10. The van der Waals surface area contributed by atoms with Crippen LogP contribution >= 0.6 is 0 Å². The molecule has 0 aliphatic heterocycles. The molecule has 0 bridgehead atoms. The zero-order valence-electron chi connectivity index (χ0n) is 10.8. The van der Waals surface area contributed by atoms with Crippen LogP contribution in [0.4, 0.5) is 0 Å². The highest BCUT2D eigenvalue weighted by atomic mass is 16.6. The molecule has 0 aliphatic carbocycles.